The predicted octanol–water partition coefficient (Wildman–Crippen LogP) is 3.04. The highest BCUT2D eigenvalue weighted by Gasteiger charge is 2.19. The maximum absolute atomic E-state index is 12.5. The first kappa shape index (κ1) is 15.7. The maximum atomic E-state index is 12.5. The number of pyridine rings is 1. The summed E-state index contributed by atoms with van der Waals surface area (Å²) in [5.74, 6) is 0.355. The molecule has 0 saturated heterocycles. The van der Waals surface area contributed by atoms with Crippen molar-refractivity contribution in [1.29, 1.82) is 0 Å². The van der Waals surface area contributed by atoms with Gasteiger partial charge in [-0.25, -0.2) is 13.4 Å². The highest BCUT2D eigenvalue weighted by Crippen LogP contribution is 2.23. The first-order chi connectivity index (χ1) is 10.1. The molecule has 0 fully saturated rings. The summed E-state index contributed by atoms with van der Waals surface area (Å²) >= 11 is 1.60. The van der Waals surface area contributed by atoms with Crippen LogP contribution in [0.15, 0.2) is 52.4 Å². The van der Waals surface area contributed by atoms with Crippen molar-refractivity contribution in [2.45, 2.75) is 16.7 Å². The van der Waals surface area contributed by atoms with Gasteiger partial charge >= 0.3 is 0 Å². The largest absolute Gasteiger partial charge is 0.369 e. The van der Waals surface area contributed by atoms with Gasteiger partial charge in [0.25, 0.3) is 10.0 Å². The number of hydrogen-bond donors (Lipinski definition) is 2. The number of thioether (sulfide) groups is 1. The molecule has 7 heteroatoms. The van der Waals surface area contributed by atoms with E-state index in [2.05, 4.69) is 15.0 Å². The van der Waals surface area contributed by atoms with Gasteiger partial charge in [0.2, 0.25) is 0 Å². The fourth-order valence-electron chi connectivity index (χ4n) is 1.78. The summed E-state index contributed by atoms with van der Waals surface area (Å²) in [6, 6.07) is 10.4. The van der Waals surface area contributed by atoms with E-state index in [1.165, 1.54) is 6.07 Å². The average molecular weight is 323 g/mol. The third kappa shape index (κ3) is 3.89. The number of sulfonamides is 1. The predicted molar refractivity (Wildman–Crippen MR) is 87.4 cm³/mol. The van der Waals surface area contributed by atoms with Crippen LogP contribution in [0.4, 0.5) is 11.5 Å². The van der Waals surface area contributed by atoms with E-state index in [1.807, 2.05) is 25.3 Å². The van der Waals surface area contributed by atoms with Gasteiger partial charge in [0.05, 0.1) is 0 Å². The smallest absolute Gasteiger partial charge is 0.265 e. The minimum Gasteiger partial charge on any atom is -0.369 e. The van der Waals surface area contributed by atoms with Crippen LogP contribution in [-0.4, -0.2) is 26.2 Å². The van der Waals surface area contributed by atoms with Crippen molar-refractivity contribution in [2.24, 2.45) is 0 Å². The molecule has 5 nitrogen and oxygen atoms in total. The van der Waals surface area contributed by atoms with E-state index in [0.29, 0.717) is 18.1 Å². The molecule has 2 N–H and O–H groups in total. The maximum Gasteiger partial charge on any atom is 0.265 e. The molecule has 2 rings (SSSR count). The van der Waals surface area contributed by atoms with E-state index in [1.54, 1.807) is 36.2 Å². The van der Waals surface area contributed by atoms with E-state index in [4.69, 9.17) is 0 Å². The van der Waals surface area contributed by atoms with Crippen molar-refractivity contribution in [3.05, 3.63) is 42.6 Å². The van der Waals surface area contributed by atoms with Crippen LogP contribution in [0.3, 0.4) is 0 Å². The lowest BCUT2D eigenvalue weighted by atomic mass is 10.3. The Morgan fingerprint density at radius 2 is 1.90 bits per heavy atom. The highest BCUT2D eigenvalue weighted by molar-refractivity contribution is 7.98. The van der Waals surface area contributed by atoms with Crippen molar-refractivity contribution in [3.8, 4) is 0 Å². The Morgan fingerprint density at radius 3 is 2.52 bits per heavy atom. The lowest BCUT2D eigenvalue weighted by Crippen LogP contribution is -2.16. The molecular weight excluding hydrogens is 306 g/mol. The van der Waals surface area contributed by atoms with Crippen molar-refractivity contribution < 1.29 is 8.42 Å². The monoisotopic (exact) mass is 323 g/mol. The second kappa shape index (κ2) is 6.82. The molecule has 2 aromatic rings. The van der Waals surface area contributed by atoms with Gasteiger partial charge in [-0.15, -0.1) is 11.8 Å². The summed E-state index contributed by atoms with van der Waals surface area (Å²) < 4.78 is 27.5. The number of anilines is 2. The van der Waals surface area contributed by atoms with E-state index in [0.717, 1.165) is 4.90 Å². The topological polar surface area (TPSA) is 71.1 Å². The number of hydrogen-bond acceptors (Lipinski definition) is 5. The SMILES string of the molecule is CCNc1ncccc1S(=O)(=O)Nc1ccc(SC)cc1. The van der Waals surface area contributed by atoms with Gasteiger partial charge in [-0.3, -0.25) is 4.72 Å². The van der Waals surface area contributed by atoms with E-state index in [-0.39, 0.29) is 4.90 Å². The quantitative estimate of drug-likeness (QED) is 0.800. The molecule has 112 valence electrons. The van der Waals surface area contributed by atoms with E-state index >= 15 is 0 Å². The minimum atomic E-state index is -3.67. The molecule has 0 aliphatic rings. The summed E-state index contributed by atoms with van der Waals surface area (Å²) in [6.07, 6.45) is 3.53. The molecule has 1 aromatic heterocycles. The Morgan fingerprint density at radius 1 is 1.19 bits per heavy atom. The summed E-state index contributed by atoms with van der Waals surface area (Å²) in [4.78, 5) is 5.29. The third-order valence-corrected chi connectivity index (χ3v) is 4.90. The Bertz CT molecular complexity index is 700. The van der Waals surface area contributed by atoms with Gasteiger partial charge in [-0.1, -0.05) is 0 Å². The van der Waals surface area contributed by atoms with Crippen LogP contribution < -0.4 is 10.0 Å². The Balaban J connectivity index is 2.29. The van der Waals surface area contributed by atoms with Gasteiger partial charge < -0.3 is 5.32 Å². The first-order valence-electron chi connectivity index (χ1n) is 6.42. The molecule has 0 spiro atoms. The van der Waals surface area contributed by atoms with E-state index in [9.17, 15) is 8.42 Å². The number of benzene rings is 1. The van der Waals surface area contributed by atoms with Crippen LogP contribution in [0.2, 0.25) is 0 Å². The molecule has 0 unspecified atom stereocenters. The van der Waals surface area contributed by atoms with Crippen LogP contribution in [-0.2, 0) is 10.0 Å². The van der Waals surface area contributed by atoms with Crippen molar-refractivity contribution in [3.63, 3.8) is 0 Å². The zero-order chi connectivity index (χ0) is 15.3. The van der Waals surface area contributed by atoms with Crippen molar-refractivity contribution >= 4 is 33.3 Å². The third-order valence-electron chi connectivity index (χ3n) is 2.75. The second-order valence-electron chi connectivity index (χ2n) is 4.21. The van der Waals surface area contributed by atoms with E-state index < -0.39 is 10.0 Å². The molecule has 0 atom stereocenters. The van der Waals surface area contributed by atoms with Gasteiger partial charge in [0.15, 0.2) is 0 Å². The molecular formula is C14H17N3O2S2. The summed E-state index contributed by atoms with van der Waals surface area (Å²) in [6.45, 7) is 2.49. The molecule has 0 saturated carbocycles. The second-order valence-corrected chi connectivity index (χ2v) is 6.74. The Kier molecular flexibility index (Phi) is 5.08. The standard InChI is InChI=1S/C14H17N3O2S2/c1-3-15-14-13(5-4-10-16-14)21(18,19)17-11-6-8-12(20-2)9-7-11/h4-10,17H,3H2,1-2H3,(H,15,16). The van der Waals surface area contributed by atoms with Gasteiger partial charge in [-0.2, -0.15) is 0 Å². The van der Waals surface area contributed by atoms with Crippen LogP contribution in [0, 0.1) is 0 Å². The number of nitrogens with zero attached hydrogens (tertiary/aromatic N) is 1. The molecule has 0 aliphatic heterocycles. The van der Waals surface area contributed by atoms with Gasteiger partial charge in [-0.05, 0) is 49.6 Å². The zero-order valence-electron chi connectivity index (χ0n) is 11.8. The Hall–Kier alpha value is -1.73. The van der Waals surface area contributed by atoms with Crippen LogP contribution in [0.5, 0.6) is 0 Å². The zero-order valence-corrected chi connectivity index (χ0v) is 13.5. The lowest BCUT2D eigenvalue weighted by Gasteiger charge is -2.12. The molecule has 0 aliphatic carbocycles. The van der Waals surface area contributed by atoms with Crippen LogP contribution >= 0.6 is 11.8 Å². The summed E-state index contributed by atoms with van der Waals surface area (Å²) in [5.41, 5.74) is 0.527. The van der Waals surface area contributed by atoms with Crippen LogP contribution in [0.1, 0.15) is 6.92 Å². The lowest BCUT2D eigenvalue weighted by molar-refractivity contribution is 0.601. The molecule has 1 aromatic carbocycles. The molecule has 1 heterocycles. The molecule has 0 bridgehead atoms. The minimum absolute atomic E-state index is 0.140. The van der Waals surface area contributed by atoms with Crippen molar-refractivity contribution in [2.75, 3.05) is 22.8 Å². The number of rotatable bonds is 6. The fourth-order valence-corrected chi connectivity index (χ4v) is 3.38. The molecule has 0 radical (unpaired) electrons. The number of nitrogens with one attached hydrogen (secondary N) is 2. The highest BCUT2D eigenvalue weighted by atomic mass is 32.2. The molecule has 21 heavy (non-hydrogen) atoms. The fraction of sp³-hybridized carbons (Fsp3) is 0.214. The molecule has 0 amide bonds. The summed E-state index contributed by atoms with van der Waals surface area (Å²) in [5, 5.41) is 2.95. The number of aromatic nitrogens is 1. The summed E-state index contributed by atoms with van der Waals surface area (Å²) in [7, 11) is -3.67. The average Bonchev–Trinajstić information content (AvgIpc) is 2.48. The van der Waals surface area contributed by atoms with Crippen molar-refractivity contribution in [1.82, 2.24) is 4.98 Å². The Labute approximate surface area is 129 Å². The van der Waals surface area contributed by atoms with Gasteiger partial charge in [0.1, 0.15) is 10.7 Å². The van der Waals surface area contributed by atoms with Crippen LogP contribution in [0.25, 0.3) is 0 Å². The first-order valence-corrected chi connectivity index (χ1v) is 9.13. The van der Waals surface area contributed by atoms with Gasteiger partial charge in [0, 0.05) is 23.3 Å². The normalized spacial score (nSPS) is 11.1.